The molecule has 0 radical (unpaired) electrons. The van der Waals surface area contributed by atoms with Gasteiger partial charge < -0.3 is 4.90 Å². The van der Waals surface area contributed by atoms with Crippen LogP contribution in [0.25, 0.3) is 0 Å². The molecule has 1 aromatic rings. The van der Waals surface area contributed by atoms with E-state index >= 15 is 0 Å². The molecule has 1 fully saturated rings. The van der Waals surface area contributed by atoms with Crippen LogP contribution in [0, 0.1) is 0 Å². The summed E-state index contributed by atoms with van der Waals surface area (Å²) in [6.45, 7) is 3.21. The van der Waals surface area contributed by atoms with Gasteiger partial charge >= 0.3 is 0 Å². The van der Waals surface area contributed by atoms with Gasteiger partial charge in [-0.2, -0.15) is 0 Å². The third-order valence-electron chi connectivity index (χ3n) is 4.66. The fraction of sp³-hybridized carbons (Fsp3) is 0.765. The van der Waals surface area contributed by atoms with E-state index in [0.29, 0.717) is 6.54 Å². The maximum Gasteiger partial charge on any atom is 0.236 e. The van der Waals surface area contributed by atoms with Gasteiger partial charge in [0.15, 0.2) is 0 Å². The van der Waals surface area contributed by atoms with Gasteiger partial charge in [0, 0.05) is 18.0 Å². The van der Waals surface area contributed by atoms with Gasteiger partial charge in [-0.15, -0.1) is 11.3 Å². The number of hydrogen-bond donors (Lipinski definition) is 0. The Kier molecular flexibility index (Phi) is 5.47. The van der Waals surface area contributed by atoms with E-state index in [2.05, 4.69) is 9.80 Å². The molecule has 1 aliphatic heterocycles. The minimum Gasteiger partial charge on any atom is -0.342 e. The highest BCUT2D eigenvalue weighted by Gasteiger charge is 2.19. The lowest BCUT2D eigenvalue weighted by molar-refractivity contribution is -0.132. The summed E-state index contributed by atoms with van der Waals surface area (Å²) in [5.41, 5.74) is 1.32. The Hall–Kier alpha value is -0.940. The van der Waals surface area contributed by atoms with Crippen molar-refractivity contribution >= 4 is 17.2 Å². The van der Waals surface area contributed by atoms with Crippen LogP contribution < -0.4 is 0 Å². The molecular weight excluding hydrogens is 294 g/mol. The molecule has 4 nitrogen and oxygen atoms in total. The van der Waals surface area contributed by atoms with Gasteiger partial charge in [-0.3, -0.25) is 9.69 Å². The second-order valence-electron chi connectivity index (χ2n) is 6.65. The highest BCUT2D eigenvalue weighted by atomic mass is 32.1. The topological polar surface area (TPSA) is 36.4 Å². The minimum absolute atomic E-state index is 0.283. The molecule has 122 valence electrons. The molecule has 5 heteroatoms. The van der Waals surface area contributed by atoms with Crippen LogP contribution in [0.15, 0.2) is 0 Å². The zero-order valence-electron chi connectivity index (χ0n) is 13.6. The van der Waals surface area contributed by atoms with E-state index in [1.165, 1.54) is 47.7 Å². The number of carbonyl (C=O) groups excluding carboxylic acids is 1. The number of fused-ring (bicyclic) bond motifs is 1. The van der Waals surface area contributed by atoms with Gasteiger partial charge in [-0.25, -0.2) is 4.98 Å². The molecule has 0 atom stereocenters. The Morgan fingerprint density at radius 2 is 1.86 bits per heavy atom. The van der Waals surface area contributed by atoms with Gasteiger partial charge in [-0.05, 0) is 45.6 Å². The number of carbonyl (C=O) groups is 1. The van der Waals surface area contributed by atoms with Crippen molar-refractivity contribution in [1.29, 1.82) is 0 Å². The van der Waals surface area contributed by atoms with E-state index in [-0.39, 0.29) is 5.91 Å². The third kappa shape index (κ3) is 4.07. The molecule has 2 heterocycles. The number of likely N-dealkylation sites (N-methyl/N-ethyl adjacent to an activating group) is 1. The third-order valence-corrected chi connectivity index (χ3v) is 5.80. The van der Waals surface area contributed by atoms with E-state index < -0.39 is 0 Å². The number of amides is 1. The summed E-state index contributed by atoms with van der Waals surface area (Å²) in [6, 6.07) is 0. The number of likely N-dealkylation sites (tertiary alicyclic amines) is 1. The van der Waals surface area contributed by atoms with Crippen molar-refractivity contribution in [3.8, 4) is 0 Å². The zero-order valence-corrected chi connectivity index (χ0v) is 14.5. The van der Waals surface area contributed by atoms with Crippen LogP contribution in [0.4, 0.5) is 0 Å². The van der Waals surface area contributed by atoms with Gasteiger partial charge in [0.25, 0.3) is 0 Å². The molecule has 3 rings (SSSR count). The van der Waals surface area contributed by atoms with Crippen LogP contribution in [0.1, 0.15) is 54.1 Å². The lowest BCUT2D eigenvalue weighted by Crippen LogP contribution is -2.39. The van der Waals surface area contributed by atoms with Gasteiger partial charge in [0.2, 0.25) is 5.91 Å². The molecule has 1 aromatic heterocycles. The lowest BCUT2D eigenvalue weighted by atomic mass is 10.0. The van der Waals surface area contributed by atoms with Gasteiger partial charge in [-0.1, -0.05) is 12.8 Å². The van der Waals surface area contributed by atoms with Crippen molar-refractivity contribution in [2.75, 3.05) is 26.7 Å². The van der Waals surface area contributed by atoms with Crippen LogP contribution in [-0.4, -0.2) is 47.4 Å². The number of aromatic nitrogens is 1. The Morgan fingerprint density at radius 3 is 2.59 bits per heavy atom. The quantitative estimate of drug-likeness (QED) is 0.855. The lowest BCUT2D eigenvalue weighted by Gasteiger charge is -2.23. The van der Waals surface area contributed by atoms with Crippen molar-refractivity contribution in [2.45, 2.75) is 57.9 Å². The normalized spacial score (nSPS) is 19.1. The standard InChI is InChI=1S/C17H27N3OS/c1-19(13-17(21)20-10-6-2-3-7-11-20)12-16-18-14-8-4-5-9-15(14)22-16/h2-13H2,1H3. The summed E-state index contributed by atoms with van der Waals surface area (Å²) < 4.78 is 0. The average molecular weight is 321 g/mol. The molecule has 1 amide bonds. The first kappa shape index (κ1) is 15.9. The molecule has 0 aromatic carbocycles. The van der Waals surface area contributed by atoms with Crippen molar-refractivity contribution in [3.63, 3.8) is 0 Å². The predicted octanol–water partition coefficient (Wildman–Crippen LogP) is 2.86. The summed E-state index contributed by atoms with van der Waals surface area (Å²) in [5.74, 6) is 0.283. The number of thiazole rings is 1. The van der Waals surface area contributed by atoms with E-state index in [4.69, 9.17) is 4.98 Å². The monoisotopic (exact) mass is 321 g/mol. The van der Waals surface area contributed by atoms with Crippen molar-refractivity contribution < 1.29 is 4.79 Å². The van der Waals surface area contributed by atoms with Gasteiger partial charge in [0.05, 0.1) is 18.8 Å². The Balaban J connectivity index is 1.52. The molecule has 1 aliphatic carbocycles. The van der Waals surface area contributed by atoms with Crippen molar-refractivity contribution in [2.24, 2.45) is 0 Å². The Labute approximate surface area is 137 Å². The fourth-order valence-electron chi connectivity index (χ4n) is 3.41. The maximum absolute atomic E-state index is 12.4. The van der Waals surface area contributed by atoms with Crippen LogP contribution in [0.5, 0.6) is 0 Å². The summed E-state index contributed by atoms with van der Waals surface area (Å²) in [4.78, 5) is 22.8. The second kappa shape index (κ2) is 7.55. The molecule has 22 heavy (non-hydrogen) atoms. The fourth-order valence-corrected chi connectivity index (χ4v) is 4.65. The minimum atomic E-state index is 0.283. The second-order valence-corrected chi connectivity index (χ2v) is 7.82. The van der Waals surface area contributed by atoms with Crippen LogP contribution in [0.2, 0.25) is 0 Å². The first-order chi connectivity index (χ1) is 10.7. The predicted molar refractivity (Wildman–Crippen MR) is 90.1 cm³/mol. The number of aryl methyl sites for hydroxylation is 2. The average Bonchev–Trinajstić information content (AvgIpc) is 2.71. The van der Waals surface area contributed by atoms with Crippen molar-refractivity contribution in [1.82, 2.24) is 14.8 Å². The van der Waals surface area contributed by atoms with Crippen LogP contribution >= 0.6 is 11.3 Å². The van der Waals surface area contributed by atoms with Crippen LogP contribution in [0.3, 0.4) is 0 Å². The van der Waals surface area contributed by atoms with E-state index in [0.717, 1.165) is 38.9 Å². The zero-order chi connectivity index (χ0) is 15.4. The van der Waals surface area contributed by atoms with E-state index in [1.807, 2.05) is 18.4 Å². The largest absolute Gasteiger partial charge is 0.342 e. The SMILES string of the molecule is CN(CC(=O)N1CCCCCC1)Cc1nc2c(s1)CCCC2. The Bertz CT molecular complexity index is 483. The summed E-state index contributed by atoms with van der Waals surface area (Å²) in [7, 11) is 2.04. The number of nitrogens with zero attached hydrogens (tertiary/aromatic N) is 3. The maximum atomic E-state index is 12.4. The first-order valence-electron chi connectivity index (χ1n) is 8.66. The van der Waals surface area contributed by atoms with E-state index in [1.54, 1.807) is 0 Å². The number of hydrogen-bond acceptors (Lipinski definition) is 4. The molecule has 0 spiro atoms. The molecule has 0 bridgehead atoms. The smallest absolute Gasteiger partial charge is 0.236 e. The molecule has 0 saturated carbocycles. The molecular formula is C17H27N3OS. The summed E-state index contributed by atoms with van der Waals surface area (Å²) in [6.07, 6.45) is 9.78. The highest BCUT2D eigenvalue weighted by molar-refractivity contribution is 7.11. The summed E-state index contributed by atoms with van der Waals surface area (Å²) >= 11 is 1.85. The van der Waals surface area contributed by atoms with Gasteiger partial charge in [0.1, 0.15) is 5.01 Å². The summed E-state index contributed by atoms with van der Waals surface area (Å²) in [5, 5.41) is 1.18. The molecule has 2 aliphatic rings. The highest BCUT2D eigenvalue weighted by Crippen LogP contribution is 2.27. The Morgan fingerprint density at radius 1 is 1.14 bits per heavy atom. The number of rotatable bonds is 4. The van der Waals surface area contributed by atoms with Crippen molar-refractivity contribution in [3.05, 3.63) is 15.6 Å². The molecule has 0 unspecified atom stereocenters. The van der Waals surface area contributed by atoms with Crippen LogP contribution in [-0.2, 0) is 24.2 Å². The molecule has 1 saturated heterocycles. The van der Waals surface area contributed by atoms with E-state index in [9.17, 15) is 4.79 Å². The first-order valence-corrected chi connectivity index (χ1v) is 9.48. The molecule has 0 N–H and O–H groups in total.